The number of nitrogens with two attached hydrogens (primary N) is 1. The fraction of sp³-hybridized carbons (Fsp3) is 0.625. The minimum absolute atomic E-state index is 0.0402. The summed E-state index contributed by atoms with van der Waals surface area (Å²) < 4.78 is 0. The third-order valence-corrected chi connectivity index (χ3v) is 4.44. The molecule has 2 rings (SSSR count). The Labute approximate surface area is 121 Å². The van der Waals surface area contributed by atoms with Gasteiger partial charge in [-0.3, -0.25) is 9.78 Å². The topological polar surface area (TPSA) is 59.2 Å². The Morgan fingerprint density at radius 3 is 2.75 bits per heavy atom. The number of hydrogen-bond acceptors (Lipinski definition) is 3. The molecule has 2 N–H and O–H groups in total. The van der Waals surface area contributed by atoms with Gasteiger partial charge in [0, 0.05) is 32.4 Å². The van der Waals surface area contributed by atoms with Crippen LogP contribution in [-0.4, -0.2) is 29.4 Å². The zero-order chi connectivity index (χ0) is 14.4. The molecule has 1 aromatic heterocycles. The molecular weight excluding hydrogens is 250 g/mol. The molecular formula is C16H25N3O. The summed E-state index contributed by atoms with van der Waals surface area (Å²) >= 11 is 0. The molecule has 1 amide bonds. The summed E-state index contributed by atoms with van der Waals surface area (Å²) in [5.41, 5.74) is 7.06. The van der Waals surface area contributed by atoms with Gasteiger partial charge in [-0.15, -0.1) is 0 Å². The quantitative estimate of drug-likeness (QED) is 0.897. The van der Waals surface area contributed by atoms with Gasteiger partial charge in [0.25, 0.3) is 0 Å². The van der Waals surface area contributed by atoms with E-state index < -0.39 is 0 Å². The van der Waals surface area contributed by atoms with Gasteiger partial charge < -0.3 is 10.6 Å². The predicted molar refractivity (Wildman–Crippen MR) is 79.9 cm³/mol. The molecule has 1 aromatic rings. The fourth-order valence-electron chi connectivity index (χ4n) is 3.06. The van der Waals surface area contributed by atoms with Crippen LogP contribution in [0.2, 0.25) is 0 Å². The van der Waals surface area contributed by atoms with Crippen molar-refractivity contribution < 1.29 is 4.79 Å². The number of carbonyl (C=O) groups is 1. The van der Waals surface area contributed by atoms with Crippen molar-refractivity contribution in [1.29, 1.82) is 0 Å². The molecule has 4 heteroatoms. The van der Waals surface area contributed by atoms with Crippen molar-refractivity contribution >= 4 is 5.91 Å². The van der Waals surface area contributed by atoms with E-state index in [1.54, 1.807) is 11.1 Å². The summed E-state index contributed by atoms with van der Waals surface area (Å²) in [7, 11) is 1.86. The summed E-state index contributed by atoms with van der Waals surface area (Å²) in [5, 5.41) is 0. The first-order valence-corrected chi connectivity index (χ1v) is 7.48. The lowest BCUT2D eigenvalue weighted by Crippen LogP contribution is -2.39. The third kappa shape index (κ3) is 3.79. The van der Waals surface area contributed by atoms with Crippen molar-refractivity contribution in [3.8, 4) is 0 Å². The number of amides is 1. The second-order valence-electron chi connectivity index (χ2n) is 6.05. The molecule has 1 saturated carbocycles. The number of rotatable bonds is 5. The van der Waals surface area contributed by atoms with Crippen LogP contribution in [0.3, 0.4) is 0 Å². The van der Waals surface area contributed by atoms with Gasteiger partial charge in [-0.25, -0.2) is 0 Å². The Bertz CT molecular complexity index is 427. The van der Waals surface area contributed by atoms with Gasteiger partial charge in [0.15, 0.2) is 0 Å². The molecule has 110 valence electrons. The Morgan fingerprint density at radius 2 is 2.15 bits per heavy atom. The van der Waals surface area contributed by atoms with Gasteiger partial charge in [-0.1, -0.05) is 25.3 Å². The Kier molecular flexibility index (Phi) is 5.12. The highest BCUT2D eigenvalue weighted by atomic mass is 16.2. The van der Waals surface area contributed by atoms with E-state index in [-0.39, 0.29) is 11.3 Å². The van der Waals surface area contributed by atoms with Gasteiger partial charge in [0.2, 0.25) is 5.91 Å². The first-order valence-electron chi connectivity index (χ1n) is 7.48. The third-order valence-electron chi connectivity index (χ3n) is 4.44. The van der Waals surface area contributed by atoms with Crippen LogP contribution in [0.4, 0.5) is 0 Å². The van der Waals surface area contributed by atoms with Crippen LogP contribution in [0.25, 0.3) is 0 Å². The largest absolute Gasteiger partial charge is 0.341 e. The van der Waals surface area contributed by atoms with Crippen molar-refractivity contribution in [2.45, 2.75) is 45.1 Å². The lowest BCUT2D eigenvalue weighted by atomic mass is 9.71. The zero-order valence-corrected chi connectivity index (χ0v) is 12.3. The van der Waals surface area contributed by atoms with Crippen LogP contribution in [0, 0.1) is 5.41 Å². The van der Waals surface area contributed by atoms with Crippen LogP contribution in [0.1, 0.15) is 44.1 Å². The van der Waals surface area contributed by atoms with Crippen LogP contribution >= 0.6 is 0 Å². The summed E-state index contributed by atoms with van der Waals surface area (Å²) in [6, 6.07) is 3.90. The summed E-state index contributed by atoms with van der Waals surface area (Å²) in [5.74, 6) is 0.196. The normalized spacial score (nSPS) is 17.7. The second-order valence-corrected chi connectivity index (χ2v) is 6.05. The van der Waals surface area contributed by atoms with Crippen molar-refractivity contribution in [2.75, 3.05) is 13.6 Å². The maximum atomic E-state index is 12.4. The Morgan fingerprint density at radius 1 is 1.40 bits per heavy atom. The van der Waals surface area contributed by atoms with Crippen LogP contribution in [0.5, 0.6) is 0 Å². The molecule has 20 heavy (non-hydrogen) atoms. The molecule has 0 atom stereocenters. The zero-order valence-electron chi connectivity index (χ0n) is 12.3. The molecule has 0 aliphatic heterocycles. The first kappa shape index (κ1) is 15.0. The molecule has 1 heterocycles. The lowest BCUT2D eigenvalue weighted by molar-refractivity contribution is -0.133. The molecule has 1 aliphatic carbocycles. The Balaban J connectivity index is 1.93. The lowest BCUT2D eigenvalue weighted by Gasteiger charge is -2.36. The molecule has 0 aromatic carbocycles. The molecule has 4 nitrogen and oxygen atoms in total. The number of carbonyl (C=O) groups excluding carboxylic acids is 1. The molecule has 0 unspecified atom stereocenters. The van der Waals surface area contributed by atoms with E-state index >= 15 is 0 Å². The van der Waals surface area contributed by atoms with E-state index in [2.05, 4.69) is 4.98 Å². The minimum atomic E-state index is 0.0402. The van der Waals surface area contributed by atoms with Gasteiger partial charge >= 0.3 is 0 Å². The van der Waals surface area contributed by atoms with Gasteiger partial charge in [-0.2, -0.15) is 0 Å². The summed E-state index contributed by atoms with van der Waals surface area (Å²) in [6.45, 7) is 1.24. The SMILES string of the molecule is CN(Cc1cccnc1)C(=O)CC1(CN)CCCCC1. The maximum absolute atomic E-state index is 12.4. The molecule has 1 fully saturated rings. The highest BCUT2D eigenvalue weighted by Crippen LogP contribution is 2.38. The number of nitrogens with zero attached hydrogens (tertiary/aromatic N) is 2. The van der Waals surface area contributed by atoms with E-state index in [9.17, 15) is 4.79 Å². The molecule has 0 saturated heterocycles. The van der Waals surface area contributed by atoms with E-state index in [4.69, 9.17) is 5.73 Å². The van der Waals surface area contributed by atoms with E-state index in [1.165, 1.54) is 19.3 Å². The molecule has 0 spiro atoms. The fourth-order valence-corrected chi connectivity index (χ4v) is 3.06. The molecule has 0 radical (unpaired) electrons. The smallest absolute Gasteiger partial charge is 0.223 e. The van der Waals surface area contributed by atoms with Gasteiger partial charge in [0.05, 0.1) is 0 Å². The molecule has 0 bridgehead atoms. The van der Waals surface area contributed by atoms with Crippen molar-refractivity contribution in [3.05, 3.63) is 30.1 Å². The van der Waals surface area contributed by atoms with Crippen molar-refractivity contribution in [1.82, 2.24) is 9.88 Å². The highest BCUT2D eigenvalue weighted by Gasteiger charge is 2.33. The highest BCUT2D eigenvalue weighted by molar-refractivity contribution is 5.76. The first-order chi connectivity index (χ1) is 9.65. The predicted octanol–water partition coefficient (Wildman–Crippen LogP) is 2.34. The van der Waals surface area contributed by atoms with Gasteiger partial charge in [-0.05, 0) is 36.4 Å². The Hall–Kier alpha value is -1.42. The van der Waals surface area contributed by atoms with Crippen LogP contribution in [-0.2, 0) is 11.3 Å². The van der Waals surface area contributed by atoms with Crippen LogP contribution in [0.15, 0.2) is 24.5 Å². The number of pyridine rings is 1. The summed E-state index contributed by atoms with van der Waals surface area (Å²) in [6.07, 6.45) is 10.0. The van der Waals surface area contributed by atoms with E-state index in [0.717, 1.165) is 18.4 Å². The van der Waals surface area contributed by atoms with Crippen molar-refractivity contribution in [2.24, 2.45) is 11.1 Å². The summed E-state index contributed by atoms with van der Waals surface area (Å²) in [4.78, 5) is 18.3. The minimum Gasteiger partial charge on any atom is -0.341 e. The molecule has 1 aliphatic rings. The number of aromatic nitrogens is 1. The van der Waals surface area contributed by atoms with E-state index in [1.807, 2.05) is 25.4 Å². The average molecular weight is 275 g/mol. The number of hydrogen-bond donors (Lipinski definition) is 1. The second kappa shape index (κ2) is 6.84. The van der Waals surface area contributed by atoms with Gasteiger partial charge in [0.1, 0.15) is 0 Å². The van der Waals surface area contributed by atoms with Crippen molar-refractivity contribution in [3.63, 3.8) is 0 Å². The average Bonchev–Trinajstić information content (AvgIpc) is 2.49. The maximum Gasteiger partial charge on any atom is 0.223 e. The van der Waals surface area contributed by atoms with Crippen LogP contribution < -0.4 is 5.73 Å². The van der Waals surface area contributed by atoms with E-state index in [0.29, 0.717) is 19.5 Å². The standard InChI is InChI=1S/C16H25N3O/c1-19(12-14-6-5-9-18-11-14)15(20)10-16(13-17)7-3-2-4-8-16/h5-6,9,11H,2-4,7-8,10,12-13,17H2,1H3. The monoisotopic (exact) mass is 275 g/mol.